The van der Waals surface area contributed by atoms with Crippen molar-refractivity contribution in [3.8, 4) is 6.07 Å². The normalized spacial score (nSPS) is 15.6. The van der Waals surface area contributed by atoms with Crippen LogP contribution in [0.2, 0.25) is 0 Å². The highest BCUT2D eigenvalue weighted by molar-refractivity contribution is 5.33. The summed E-state index contributed by atoms with van der Waals surface area (Å²) in [4.78, 5) is 7.19. The van der Waals surface area contributed by atoms with E-state index in [-0.39, 0.29) is 0 Å². The van der Waals surface area contributed by atoms with Crippen molar-refractivity contribution < 1.29 is 0 Å². The number of nitrogens with zero attached hydrogens (tertiary/aromatic N) is 4. The first kappa shape index (κ1) is 14.8. The minimum absolute atomic E-state index is 0.712. The summed E-state index contributed by atoms with van der Waals surface area (Å²) in [5, 5.41) is 8.99. The van der Waals surface area contributed by atoms with Crippen LogP contribution in [0.4, 0.5) is 0 Å². The molecule has 0 atom stereocenters. The van der Waals surface area contributed by atoms with Gasteiger partial charge in [-0.2, -0.15) is 5.26 Å². The predicted molar refractivity (Wildman–Crippen MR) is 86.4 cm³/mol. The number of likely N-dealkylation sites (tertiary alicyclic amines) is 1. The Balaban J connectivity index is 1.70. The lowest BCUT2D eigenvalue weighted by Crippen LogP contribution is -2.29. The van der Waals surface area contributed by atoms with Crippen LogP contribution in [0.15, 0.2) is 30.5 Å². The van der Waals surface area contributed by atoms with Crippen molar-refractivity contribution in [1.29, 1.82) is 5.26 Å². The monoisotopic (exact) mass is 294 g/mol. The van der Waals surface area contributed by atoms with Crippen LogP contribution in [0.1, 0.15) is 41.9 Å². The lowest BCUT2D eigenvalue weighted by atomic mass is 10.1. The first-order chi connectivity index (χ1) is 10.7. The Morgan fingerprint density at radius 1 is 1.18 bits per heavy atom. The Morgan fingerprint density at radius 3 is 2.77 bits per heavy atom. The molecule has 22 heavy (non-hydrogen) atoms. The Hall–Kier alpha value is -2.12. The second kappa shape index (κ2) is 6.76. The van der Waals surface area contributed by atoms with Crippen molar-refractivity contribution in [1.82, 2.24) is 14.5 Å². The van der Waals surface area contributed by atoms with Crippen LogP contribution in [0.5, 0.6) is 0 Å². The molecule has 0 aliphatic carbocycles. The third-order valence-corrected chi connectivity index (χ3v) is 4.27. The molecule has 1 aliphatic rings. The largest absolute Gasteiger partial charge is 0.330 e. The zero-order chi connectivity index (χ0) is 15.4. The van der Waals surface area contributed by atoms with Gasteiger partial charge >= 0.3 is 0 Å². The number of hydrogen-bond acceptors (Lipinski definition) is 3. The quantitative estimate of drug-likeness (QED) is 0.870. The van der Waals surface area contributed by atoms with Crippen LogP contribution >= 0.6 is 0 Å². The zero-order valence-corrected chi connectivity index (χ0v) is 13.1. The number of nitriles is 1. The number of rotatable bonds is 4. The average molecular weight is 294 g/mol. The number of aromatic nitrogens is 2. The van der Waals surface area contributed by atoms with Gasteiger partial charge in [0, 0.05) is 19.3 Å². The molecule has 0 unspecified atom stereocenters. The Kier molecular flexibility index (Phi) is 4.55. The molecule has 4 heteroatoms. The molecule has 3 rings (SSSR count). The maximum atomic E-state index is 8.99. The summed E-state index contributed by atoms with van der Waals surface area (Å²) < 4.78 is 2.18. The Bertz CT molecular complexity index is 675. The van der Waals surface area contributed by atoms with Crippen molar-refractivity contribution in [3.05, 3.63) is 53.1 Å². The van der Waals surface area contributed by atoms with Crippen molar-refractivity contribution in [2.24, 2.45) is 0 Å². The fourth-order valence-electron chi connectivity index (χ4n) is 3.09. The summed E-state index contributed by atoms with van der Waals surface area (Å²) in [5.41, 5.74) is 3.00. The molecule has 114 valence electrons. The molecule has 0 spiro atoms. The second-order valence-corrected chi connectivity index (χ2v) is 6.06. The van der Waals surface area contributed by atoms with Crippen LogP contribution in [0.25, 0.3) is 0 Å². The zero-order valence-electron chi connectivity index (χ0n) is 13.1. The fraction of sp³-hybridized carbons (Fsp3) is 0.444. The summed E-state index contributed by atoms with van der Waals surface area (Å²) in [6.07, 6.45) is 6.13. The number of hydrogen-bond donors (Lipinski definition) is 0. The van der Waals surface area contributed by atoms with E-state index in [2.05, 4.69) is 27.8 Å². The SMILES string of the molecule is Cc1nc(CN2CCCCC2)cn1Cc1cccc(C#N)c1. The summed E-state index contributed by atoms with van der Waals surface area (Å²) in [6, 6.07) is 9.98. The van der Waals surface area contributed by atoms with Crippen LogP contribution in [-0.4, -0.2) is 27.5 Å². The van der Waals surface area contributed by atoms with Gasteiger partial charge < -0.3 is 4.57 Å². The van der Waals surface area contributed by atoms with Crippen molar-refractivity contribution in [2.75, 3.05) is 13.1 Å². The molecule has 1 saturated heterocycles. The molecular weight excluding hydrogens is 272 g/mol. The van der Waals surface area contributed by atoms with E-state index in [4.69, 9.17) is 10.2 Å². The van der Waals surface area contributed by atoms with E-state index in [0.29, 0.717) is 5.56 Å². The van der Waals surface area contributed by atoms with Gasteiger partial charge in [0.2, 0.25) is 0 Å². The number of piperidine rings is 1. The number of benzene rings is 1. The molecule has 1 aromatic heterocycles. The van der Waals surface area contributed by atoms with E-state index >= 15 is 0 Å². The van der Waals surface area contributed by atoms with Gasteiger partial charge in [0.1, 0.15) is 5.82 Å². The number of aryl methyl sites for hydroxylation is 1. The highest BCUT2D eigenvalue weighted by atomic mass is 15.2. The van der Waals surface area contributed by atoms with Crippen molar-refractivity contribution in [2.45, 2.75) is 39.3 Å². The van der Waals surface area contributed by atoms with Gasteiger partial charge in [-0.15, -0.1) is 0 Å². The molecule has 0 saturated carbocycles. The molecule has 1 aliphatic heterocycles. The maximum absolute atomic E-state index is 8.99. The van der Waals surface area contributed by atoms with E-state index in [1.54, 1.807) is 0 Å². The average Bonchev–Trinajstić information content (AvgIpc) is 2.88. The van der Waals surface area contributed by atoms with Gasteiger partial charge in [-0.3, -0.25) is 4.90 Å². The molecule has 0 radical (unpaired) electrons. The molecular formula is C18H22N4. The minimum Gasteiger partial charge on any atom is -0.330 e. The first-order valence-electron chi connectivity index (χ1n) is 7.98. The Morgan fingerprint density at radius 2 is 2.00 bits per heavy atom. The van der Waals surface area contributed by atoms with Crippen LogP contribution in [-0.2, 0) is 13.1 Å². The molecule has 2 heterocycles. The summed E-state index contributed by atoms with van der Waals surface area (Å²) >= 11 is 0. The van der Waals surface area contributed by atoms with Crippen molar-refractivity contribution >= 4 is 0 Å². The van der Waals surface area contributed by atoms with E-state index in [0.717, 1.165) is 30.2 Å². The van der Waals surface area contributed by atoms with Gasteiger partial charge in [-0.25, -0.2) is 4.98 Å². The van der Waals surface area contributed by atoms with E-state index in [1.165, 1.54) is 32.4 Å². The third kappa shape index (κ3) is 3.55. The topological polar surface area (TPSA) is 44.9 Å². The lowest BCUT2D eigenvalue weighted by molar-refractivity contribution is 0.218. The molecule has 4 nitrogen and oxygen atoms in total. The van der Waals surface area contributed by atoms with Crippen LogP contribution in [0.3, 0.4) is 0 Å². The van der Waals surface area contributed by atoms with Gasteiger partial charge in [0.15, 0.2) is 0 Å². The van der Waals surface area contributed by atoms with Crippen LogP contribution in [0, 0.1) is 18.3 Å². The third-order valence-electron chi connectivity index (χ3n) is 4.27. The van der Waals surface area contributed by atoms with E-state index in [9.17, 15) is 0 Å². The predicted octanol–water partition coefficient (Wildman–Crippen LogP) is 3.10. The molecule has 0 amide bonds. The van der Waals surface area contributed by atoms with Crippen molar-refractivity contribution in [3.63, 3.8) is 0 Å². The number of imidazole rings is 1. The smallest absolute Gasteiger partial charge is 0.106 e. The molecule has 1 aromatic carbocycles. The summed E-state index contributed by atoms with van der Waals surface area (Å²) in [5.74, 6) is 1.04. The highest BCUT2D eigenvalue weighted by Gasteiger charge is 2.13. The van der Waals surface area contributed by atoms with Gasteiger partial charge in [-0.05, 0) is 50.6 Å². The maximum Gasteiger partial charge on any atom is 0.106 e. The second-order valence-electron chi connectivity index (χ2n) is 6.06. The minimum atomic E-state index is 0.712. The lowest BCUT2D eigenvalue weighted by Gasteiger charge is -2.25. The molecule has 1 fully saturated rings. The Labute approximate surface area is 132 Å². The van der Waals surface area contributed by atoms with Gasteiger partial charge in [0.05, 0.1) is 17.3 Å². The molecule has 0 bridgehead atoms. The highest BCUT2D eigenvalue weighted by Crippen LogP contribution is 2.14. The summed E-state index contributed by atoms with van der Waals surface area (Å²) in [7, 11) is 0. The first-order valence-corrected chi connectivity index (χ1v) is 7.98. The molecule has 2 aromatic rings. The van der Waals surface area contributed by atoms with Crippen LogP contribution < -0.4 is 0 Å². The van der Waals surface area contributed by atoms with E-state index < -0.39 is 0 Å². The van der Waals surface area contributed by atoms with E-state index in [1.807, 2.05) is 25.1 Å². The van der Waals surface area contributed by atoms with Gasteiger partial charge in [0.25, 0.3) is 0 Å². The standard InChI is InChI=1S/C18H22N4/c1-15-20-18(13-21-8-3-2-4-9-21)14-22(15)12-17-7-5-6-16(10-17)11-19/h5-7,10,14H,2-4,8-9,12-13H2,1H3. The summed E-state index contributed by atoms with van der Waals surface area (Å²) in [6.45, 7) is 6.15. The molecule has 0 N–H and O–H groups in total. The fourth-order valence-corrected chi connectivity index (χ4v) is 3.09. The van der Waals surface area contributed by atoms with Gasteiger partial charge in [-0.1, -0.05) is 18.6 Å².